The molecule has 0 radical (unpaired) electrons. The number of hydrogen-bond acceptors (Lipinski definition) is 4. The van der Waals surface area contributed by atoms with Gasteiger partial charge in [0, 0.05) is 13.1 Å². The fourth-order valence-electron chi connectivity index (χ4n) is 1.88. The van der Waals surface area contributed by atoms with Crippen LogP contribution in [0.15, 0.2) is 39.9 Å². The van der Waals surface area contributed by atoms with Crippen molar-refractivity contribution in [3.05, 3.63) is 52.7 Å². The van der Waals surface area contributed by atoms with E-state index in [4.69, 9.17) is 0 Å². The van der Waals surface area contributed by atoms with Crippen molar-refractivity contribution in [1.82, 2.24) is 10.0 Å². The second-order valence-electron chi connectivity index (χ2n) is 4.54. The molecule has 0 saturated heterocycles. The summed E-state index contributed by atoms with van der Waals surface area (Å²) in [7, 11) is -1.72. The molecule has 1 aromatic carbocycles. The summed E-state index contributed by atoms with van der Waals surface area (Å²) in [4.78, 5) is 0. The van der Waals surface area contributed by atoms with E-state index in [-0.39, 0.29) is 16.6 Å². The predicted octanol–water partition coefficient (Wildman–Crippen LogP) is 2.13. The Morgan fingerprint density at radius 2 is 2.05 bits per heavy atom. The second kappa shape index (κ2) is 7.13. The van der Waals surface area contributed by atoms with E-state index in [1.54, 1.807) is 31.3 Å². The zero-order chi connectivity index (χ0) is 15.3. The molecule has 0 saturated carbocycles. The smallest absolute Gasteiger partial charge is 0.250 e. The van der Waals surface area contributed by atoms with Crippen LogP contribution in [0.4, 0.5) is 4.39 Å². The van der Waals surface area contributed by atoms with Crippen molar-refractivity contribution in [1.29, 1.82) is 0 Å². The molecule has 0 unspecified atom stereocenters. The average molecular weight is 328 g/mol. The molecule has 2 N–H and O–H groups in total. The van der Waals surface area contributed by atoms with Crippen LogP contribution in [-0.4, -0.2) is 22.0 Å². The summed E-state index contributed by atoms with van der Waals surface area (Å²) in [6.45, 7) is 0.795. The van der Waals surface area contributed by atoms with Gasteiger partial charge in [0.2, 0.25) is 10.0 Å². The highest BCUT2D eigenvalue weighted by molar-refractivity contribution is 7.91. The predicted molar refractivity (Wildman–Crippen MR) is 82.4 cm³/mol. The molecule has 2 rings (SSSR count). The summed E-state index contributed by atoms with van der Waals surface area (Å²) >= 11 is 1.18. The van der Waals surface area contributed by atoms with Crippen LogP contribution in [0.1, 0.15) is 11.1 Å². The van der Waals surface area contributed by atoms with Crippen molar-refractivity contribution in [2.24, 2.45) is 0 Å². The standard InChI is InChI=1S/C14H17FN2O2S2/c1-16-9-11-8-14(20-10-11)21(18,19)17-7-6-12-4-2-3-5-13(12)15/h2-5,8,10,16-17H,6-7,9H2,1H3. The molecule has 0 aliphatic rings. The molecule has 1 heterocycles. The van der Waals surface area contributed by atoms with Gasteiger partial charge in [0.1, 0.15) is 10.0 Å². The second-order valence-corrected chi connectivity index (χ2v) is 7.45. The van der Waals surface area contributed by atoms with E-state index in [9.17, 15) is 12.8 Å². The van der Waals surface area contributed by atoms with Crippen molar-refractivity contribution >= 4 is 21.4 Å². The third-order valence-electron chi connectivity index (χ3n) is 2.92. The number of halogens is 1. The molecule has 7 heteroatoms. The molecule has 0 aliphatic heterocycles. The summed E-state index contributed by atoms with van der Waals surface area (Å²) in [6.07, 6.45) is 0.320. The van der Waals surface area contributed by atoms with E-state index in [1.807, 2.05) is 5.38 Å². The molecule has 0 bridgehead atoms. The van der Waals surface area contributed by atoms with Gasteiger partial charge in [0.25, 0.3) is 0 Å². The fraction of sp³-hybridized carbons (Fsp3) is 0.286. The van der Waals surface area contributed by atoms with E-state index in [1.165, 1.54) is 17.4 Å². The van der Waals surface area contributed by atoms with Crippen molar-refractivity contribution in [3.8, 4) is 0 Å². The number of nitrogens with one attached hydrogen (secondary N) is 2. The van der Waals surface area contributed by atoms with Crippen LogP contribution < -0.4 is 10.0 Å². The van der Waals surface area contributed by atoms with Crippen LogP contribution in [0.2, 0.25) is 0 Å². The van der Waals surface area contributed by atoms with Gasteiger partial charge >= 0.3 is 0 Å². The molecule has 4 nitrogen and oxygen atoms in total. The highest BCUT2D eigenvalue weighted by atomic mass is 32.2. The van der Waals surface area contributed by atoms with Crippen LogP contribution >= 0.6 is 11.3 Å². The van der Waals surface area contributed by atoms with Crippen molar-refractivity contribution in [3.63, 3.8) is 0 Å². The monoisotopic (exact) mass is 328 g/mol. The van der Waals surface area contributed by atoms with E-state index >= 15 is 0 Å². The molecule has 0 fully saturated rings. The van der Waals surface area contributed by atoms with Gasteiger partial charge in [0.05, 0.1) is 0 Å². The largest absolute Gasteiger partial charge is 0.316 e. The summed E-state index contributed by atoms with van der Waals surface area (Å²) in [5, 5.41) is 4.78. The van der Waals surface area contributed by atoms with Gasteiger partial charge in [-0.05, 0) is 42.1 Å². The summed E-state index contributed by atoms with van der Waals surface area (Å²) < 4.78 is 40.4. The number of hydrogen-bond donors (Lipinski definition) is 2. The van der Waals surface area contributed by atoms with Crippen LogP contribution in [0.25, 0.3) is 0 Å². The maximum Gasteiger partial charge on any atom is 0.250 e. The SMILES string of the molecule is CNCc1csc(S(=O)(=O)NCCc2ccccc2F)c1. The fourth-order valence-corrected chi connectivity index (χ4v) is 4.17. The van der Waals surface area contributed by atoms with Crippen LogP contribution in [0.5, 0.6) is 0 Å². The normalized spacial score (nSPS) is 11.7. The molecule has 0 aliphatic carbocycles. The number of sulfonamides is 1. The van der Waals surface area contributed by atoms with Crippen molar-refractivity contribution in [2.45, 2.75) is 17.2 Å². The molecular formula is C14H17FN2O2S2. The molecule has 1 aromatic heterocycles. The van der Waals surface area contributed by atoms with Crippen LogP contribution in [0.3, 0.4) is 0 Å². The Balaban J connectivity index is 1.96. The van der Waals surface area contributed by atoms with Gasteiger partial charge in [-0.15, -0.1) is 11.3 Å². The first-order valence-corrected chi connectivity index (χ1v) is 8.84. The maximum atomic E-state index is 13.4. The zero-order valence-corrected chi connectivity index (χ0v) is 13.2. The minimum atomic E-state index is -3.52. The van der Waals surface area contributed by atoms with Crippen LogP contribution in [0, 0.1) is 5.82 Å². The van der Waals surface area contributed by atoms with E-state index in [0.29, 0.717) is 18.5 Å². The topological polar surface area (TPSA) is 58.2 Å². The van der Waals surface area contributed by atoms with E-state index < -0.39 is 10.0 Å². The molecule has 2 aromatic rings. The third-order valence-corrected chi connectivity index (χ3v) is 5.87. The Labute approximate surface area is 128 Å². The Morgan fingerprint density at radius 3 is 2.76 bits per heavy atom. The Hall–Kier alpha value is -1.28. The molecular weight excluding hydrogens is 311 g/mol. The Morgan fingerprint density at radius 1 is 1.29 bits per heavy atom. The Bertz CT molecular complexity index is 699. The quantitative estimate of drug-likeness (QED) is 0.818. The van der Waals surface area contributed by atoms with Gasteiger partial charge in [-0.2, -0.15) is 0 Å². The highest BCUT2D eigenvalue weighted by Crippen LogP contribution is 2.20. The summed E-state index contributed by atoms with van der Waals surface area (Å²) in [6, 6.07) is 8.01. The maximum absolute atomic E-state index is 13.4. The summed E-state index contributed by atoms with van der Waals surface area (Å²) in [5.74, 6) is -0.316. The van der Waals surface area contributed by atoms with Gasteiger partial charge in [-0.1, -0.05) is 18.2 Å². The first kappa shape index (κ1) is 16.1. The Kier molecular flexibility index (Phi) is 5.46. The lowest BCUT2D eigenvalue weighted by Crippen LogP contribution is -2.25. The minimum absolute atomic E-state index is 0.169. The lowest BCUT2D eigenvalue weighted by atomic mass is 10.1. The molecule has 0 spiro atoms. The van der Waals surface area contributed by atoms with Crippen molar-refractivity contribution < 1.29 is 12.8 Å². The summed E-state index contributed by atoms with van der Waals surface area (Å²) in [5.41, 5.74) is 1.43. The first-order valence-electron chi connectivity index (χ1n) is 6.48. The number of thiophene rings is 1. The first-order chi connectivity index (χ1) is 10.0. The molecule has 0 amide bonds. The van der Waals surface area contributed by atoms with Crippen LogP contribution in [-0.2, 0) is 23.0 Å². The van der Waals surface area contributed by atoms with Gasteiger partial charge in [-0.3, -0.25) is 0 Å². The highest BCUT2D eigenvalue weighted by Gasteiger charge is 2.16. The lowest BCUT2D eigenvalue weighted by Gasteiger charge is -2.05. The average Bonchev–Trinajstić information content (AvgIpc) is 2.91. The molecule has 0 atom stereocenters. The van der Waals surface area contributed by atoms with Crippen molar-refractivity contribution in [2.75, 3.05) is 13.6 Å². The number of benzene rings is 1. The zero-order valence-electron chi connectivity index (χ0n) is 11.6. The third kappa shape index (κ3) is 4.34. The van der Waals surface area contributed by atoms with Gasteiger partial charge in [-0.25, -0.2) is 17.5 Å². The minimum Gasteiger partial charge on any atom is -0.316 e. The van der Waals surface area contributed by atoms with E-state index in [0.717, 1.165) is 5.56 Å². The molecule has 21 heavy (non-hydrogen) atoms. The van der Waals surface area contributed by atoms with Gasteiger partial charge in [0.15, 0.2) is 0 Å². The van der Waals surface area contributed by atoms with E-state index in [2.05, 4.69) is 10.0 Å². The van der Waals surface area contributed by atoms with Gasteiger partial charge < -0.3 is 5.32 Å². The number of rotatable bonds is 7. The lowest BCUT2D eigenvalue weighted by molar-refractivity contribution is 0.579. The molecule has 114 valence electrons.